The highest BCUT2D eigenvalue weighted by Gasteiger charge is 2.21. The Labute approximate surface area is 112 Å². The topological polar surface area (TPSA) is 79.6 Å². The van der Waals surface area contributed by atoms with Gasteiger partial charge in [-0.3, -0.25) is 15.0 Å². The zero-order valence-electron chi connectivity index (χ0n) is 11.3. The number of carbonyl (C=O) groups excluding carboxylic acids is 1. The van der Waals surface area contributed by atoms with E-state index in [4.69, 9.17) is 9.26 Å². The summed E-state index contributed by atoms with van der Waals surface area (Å²) in [7, 11) is 1.89. The molecule has 1 fully saturated rings. The second-order valence-corrected chi connectivity index (χ2v) is 4.67. The summed E-state index contributed by atoms with van der Waals surface area (Å²) in [6.07, 6.45) is 0.138. The Morgan fingerprint density at radius 3 is 3.16 bits per heavy atom. The molecular formula is C12H20N4O3. The van der Waals surface area contributed by atoms with Gasteiger partial charge >= 0.3 is 0 Å². The lowest BCUT2D eigenvalue weighted by atomic mass is 10.2. The minimum absolute atomic E-state index is 0.0961. The minimum Gasteiger partial charge on any atom is -0.374 e. The summed E-state index contributed by atoms with van der Waals surface area (Å²) in [5.41, 5.74) is 0.746. The first kappa shape index (κ1) is 14.0. The maximum absolute atomic E-state index is 11.9. The van der Waals surface area contributed by atoms with E-state index in [0.29, 0.717) is 19.0 Å². The van der Waals surface area contributed by atoms with Gasteiger partial charge in [-0.1, -0.05) is 5.16 Å². The van der Waals surface area contributed by atoms with Gasteiger partial charge in [0.25, 0.3) is 0 Å². The molecule has 0 spiro atoms. The van der Waals surface area contributed by atoms with E-state index >= 15 is 0 Å². The maximum atomic E-state index is 11.9. The first-order valence-corrected chi connectivity index (χ1v) is 6.39. The van der Waals surface area contributed by atoms with E-state index < -0.39 is 0 Å². The van der Waals surface area contributed by atoms with Crippen molar-refractivity contribution < 1.29 is 14.1 Å². The monoisotopic (exact) mass is 268 g/mol. The number of likely N-dealkylation sites (N-methyl/N-ethyl adjacent to an activating group) is 1. The zero-order valence-corrected chi connectivity index (χ0v) is 11.3. The molecule has 1 atom stereocenters. The number of nitrogens with zero attached hydrogens (tertiary/aromatic N) is 2. The Kier molecular flexibility index (Phi) is 4.89. The second-order valence-electron chi connectivity index (χ2n) is 4.67. The summed E-state index contributed by atoms with van der Waals surface area (Å²) in [6, 6.07) is 1.70. The fourth-order valence-corrected chi connectivity index (χ4v) is 2.08. The molecule has 0 radical (unpaired) electrons. The molecule has 1 saturated heterocycles. The number of hydrogen-bond acceptors (Lipinski definition) is 6. The predicted octanol–water partition coefficient (Wildman–Crippen LogP) is -0.158. The fourth-order valence-electron chi connectivity index (χ4n) is 2.08. The number of morpholine rings is 1. The van der Waals surface area contributed by atoms with Gasteiger partial charge < -0.3 is 14.6 Å². The number of anilines is 1. The van der Waals surface area contributed by atoms with Crippen molar-refractivity contribution in [3.63, 3.8) is 0 Å². The van der Waals surface area contributed by atoms with Crippen molar-refractivity contribution in [3.05, 3.63) is 11.8 Å². The molecule has 7 heteroatoms. The lowest BCUT2D eigenvalue weighted by molar-refractivity contribution is -0.119. The van der Waals surface area contributed by atoms with Crippen LogP contribution in [0.2, 0.25) is 0 Å². The van der Waals surface area contributed by atoms with Crippen LogP contribution in [0.25, 0.3) is 0 Å². The Morgan fingerprint density at radius 2 is 2.47 bits per heavy atom. The van der Waals surface area contributed by atoms with E-state index in [1.807, 2.05) is 14.0 Å². The summed E-state index contributed by atoms with van der Waals surface area (Å²) in [5, 5.41) is 9.49. The van der Waals surface area contributed by atoms with Gasteiger partial charge in [0.05, 0.1) is 24.9 Å². The van der Waals surface area contributed by atoms with Crippen LogP contribution in [0.3, 0.4) is 0 Å². The lowest BCUT2D eigenvalue weighted by Crippen LogP contribution is -2.48. The van der Waals surface area contributed by atoms with Gasteiger partial charge in [-0.05, 0) is 14.0 Å². The highest BCUT2D eigenvalue weighted by atomic mass is 16.5. The van der Waals surface area contributed by atoms with Crippen LogP contribution >= 0.6 is 0 Å². The van der Waals surface area contributed by atoms with Crippen LogP contribution in [-0.4, -0.2) is 61.9 Å². The van der Waals surface area contributed by atoms with Crippen molar-refractivity contribution in [3.8, 4) is 0 Å². The number of nitrogens with one attached hydrogen (secondary N) is 2. The molecule has 1 aromatic heterocycles. The van der Waals surface area contributed by atoms with E-state index in [0.717, 1.165) is 25.3 Å². The van der Waals surface area contributed by atoms with Gasteiger partial charge in [-0.2, -0.15) is 0 Å². The van der Waals surface area contributed by atoms with Crippen LogP contribution in [-0.2, 0) is 9.53 Å². The van der Waals surface area contributed by atoms with E-state index in [1.165, 1.54) is 0 Å². The van der Waals surface area contributed by atoms with Crippen molar-refractivity contribution in [2.45, 2.75) is 13.0 Å². The first-order valence-electron chi connectivity index (χ1n) is 6.39. The number of ether oxygens (including phenoxy) is 1. The van der Waals surface area contributed by atoms with Crippen LogP contribution in [0.5, 0.6) is 0 Å². The summed E-state index contributed by atoms with van der Waals surface area (Å²) < 4.78 is 10.5. The number of aryl methyl sites for hydroxylation is 1. The van der Waals surface area contributed by atoms with Crippen molar-refractivity contribution in [2.75, 3.05) is 45.2 Å². The van der Waals surface area contributed by atoms with Gasteiger partial charge in [0, 0.05) is 25.7 Å². The molecule has 2 N–H and O–H groups in total. The number of rotatable bonds is 5. The van der Waals surface area contributed by atoms with E-state index in [9.17, 15) is 4.79 Å². The Morgan fingerprint density at radius 1 is 1.63 bits per heavy atom. The third-order valence-electron chi connectivity index (χ3n) is 2.91. The van der Waals surface area contributed by atoms with Crippen molar-refractivity contribution in [1.29, 1.82) is 0 Å². The highest BCUT2D eigenvalue weighted by Crippen LogP contribution is 2.09. The molecule has 7 nitrogen and oxygen atoms in total. The van der Waals surface area contributed by atoms with Gasteiger partial charge in [0.2, 0.25) is 11.8 Å². The van der Waals surface area contributed by atoms with Crippen LogP contribution < -0.4 is 10.6 Å². The highest BCUT2D eigenvalue weighted by molar-refractivity contribution is 5.90. The van der Waals surface area contributed by atoms with Gasteiger partial charge in [0.1, 0.15) is 0 Å². The average molecular weight is 268 g/mol. The average Bonchev–Trinajstić information content (AvgIpc) is 2.75. The Bertz CT molecular complexity index is 419. The predicted molar refractivity (Wildman–Crippen MR) is 70.0 cm³/mol. The van der Waals surface area contributed by atoms with Gasteiger partial charge in [-0.25, -0.2) is 0 Å². The van der Waals surface area contributed by atoms with Crippen molar-refractivity contribution in [1.82, 2.24) is 15.4 Å². The van der Waals surface area contributed by atoms with Gasteiger partial charge in [-0.15, -0.1) is 0 Å². The minimum atomic E-state index is -0.0961. The third-order valence-corrected chi connectivity index (χ3v) is 2.91. The van der Waals surface area contributed by atoms with Crippen LogP contribution in [0, 0.1) is 6.92 Å². The summed E-state index contributed by atoms with van der Waals surface area (Å²) in [5.74, 6) is 0.295. The molecule has 106 valence electrons. The van der Waals surface area contributed by atoms with Crippen LogP contribution in [0.15, 0.2) is 10.6 Å². The molecule has 0 bridgehead atoms. The number of aromatic nitrogens is 1. The molecule has 2 heterocycles. The SMILES string of the molecule is CNCC1CN(CC(=O)Nc2cc(C)no2)CCO1. The van der Waals surface area contributed by atoms with Crippen LogP contribution in [0.4, 0.5) is 5.88 Å². The quantitative estimate of drug-likeness (QED) is 0.772. The summed E-state index contributed by atoms with van der Waals surface area (Å²) in [6.45, 7) is 5.11. The second kappa shape index (κ2) is 6.65. The molecule has 1 amide bonds. The number of amides is 1. The summed E-state index contributed by atoms with van der Waals surface area (Å²) in [4.78, 5) is 13.9. The molecule has 2 rings (SSSR count). The van der Waals surface area contributed by atoms with Gasteiger partial charge in [0.15, 0.2) is 0 Å². The zero-order chi connectivity index (χ0) is 13.7. The number of carbonyl (C=O) groups is 1. The molecular weight excluding hydrogens is 248 g/mol. The largest absolute Gasteiger partial charge is 0.374 e. The Balaban J connectivity index is 1.78. The van der Waals surface area contributed by atoms with E-state index in [1.54, 1.807) is 6.07 Å². The fraction of sp³-hybridized carbons (Fsp3) is 0.667. The summed E-state index contributed by atoms with van der Waals surface area (Å²) >= 11 is 0. The molecule has 1 aromatic rings. The smallest absolute Gasteiger partial charge is 0.240 e. The Hall–Kier alpha value is -1.44. The maximum Gasteiger partial charge on any atom is 0.240 e. The first-order chi connectivity index (χ1) is 9.17. The molecule has 19 heavy (non-hydrogen) atoms. The van der Waals surface area contributed by atoms with Crippen molar-refractivity contribution >= 4 is 11.8 Å². The standard InChI is InChI=1S/C12H20N4O3/c1-9-5-12(19-15-9)14-11(17)8-16-3-4-18-10(7-16)6-13-2/h5,10,13H,3-4,6-8H2,1-2H3,(H,14,17). The molecule has 1 aliphatic rings. The molecule has 1 aliphatic heterocycles. The lowest BCUT2D eigenvalue weighted by Gasteiger charge is -2.32. The molecule has 0 saturated carbocycles. The van der Waals surface area contributed by atoms with Crippen molar-refractivity contribution in [2.24, 2.45) is 0 Å². The number of hydrogen-bond donors (Lipinski definition) is 2. The van der Waals surface area contributed by atoms with Crippen LogP contribution in [0.1, 0.15) is 5.69 Å². The third kappa shape index (κ3) is 4.30. The van der Waals surface area contributed by atoms with E-state index in [2.05, 4.69) is 20.7 Å². The normalized spacial score (nSPS) is 20.4. The molecule has 0 aliphatic carbocycles. The molecule has 1 unspecified atom stereocenters. The molecule has 0 aromatic carbocycles. The van der Waals surface area contributed by atoms with E-state index in [-0.39, 0.29) is 12.0 Å².